The van der Waals surface area contributed by atoms with Crippen molar-refractivity contribution in [3.63, 3.8) is 0 Å². The minimum Gasteiger partial charge on any atom is -0.453 e. The van der Waals surface area contributed by atoms with Gasteiger partial charge in [-0.25, -0.2) is 0 Å². The number of rotatable bonds is 2. The highest BCUT2D eigenvalue weighted by Crippen LogP contribution is 2.28. The first-order valence-electron chi connectivity index (χ1n) is 6.10. The van der Waals surface area contributed by atoms with Crippen LogP contribution in [0.25, 0.3) is 11.0 Å². The second-order valence-electron chi connectivity index (χ2n) is 4.49. The number of aryl methyl sites for hydroxylation is 1. The van der Waals surface area contributed by atoms with Crippen molar-refractivity contribution >= 4 is 22.9 Å². The molecule has 1 saturated heterocycles. The van der Waals surface area contributed by atoms with E-state index in [4.69, 9.17) is 9.15 Å². The van der Waals surface area contributed by atoms with Gasteiger partial charge in [0.25, 0.3) is 0 Å². The fourth-order valence-electron chi connectivity index (χ4n) is 2.36. The number of benzene rings is 1. The molecule has 94 valence electrons. The van der Waals surface area contributed by atoms with E-state index >= 15 is 0 Å². The Morgan fingerprint density at radius 3 is 2.78 bits per heavy atom. The van der Waals surface area contributed by atoms with E-state index < -0.39 is 0 Å². The van der Waals surface area contributed by atoms with Crippen LogP contribution in [0.4, 0.5) is 5.69 Å². The van der Waals surface area contributed by atoms with Crippen molar-refractivity contribution in [3.8, 4) is 0 Å². The van der Waals surface area contributed by atoms with Crippen LogP contribution in [0, 0.1) is 6.92 Å². The first kappa shape index (κ1) is 11.3. The topological polar surface area (TPSA) is 42.7 Å². The average molecular weight is 245 g/mol. The van der Waals surface area contributed by atoms with Crippen molar-refractivity contribution in [2.45, 2.75) is 6.92 Å². The zero-order chi connectivity index (χ0) is 12.5. The van der Waals surface area contributed by atoms with Gasteiger partial charge in [-0.15, -0.1) is 0 Å². The fourth-order valence-corrected chi connectivity index (χ4v) is 2.36. The minimum absolute atomic E-state index is 0.420. The Kier molecular flexibility index (Phi) is 2.80. The number of morpholine rings is 1. The third kappa shape index (κ3) is 1.78. The van der Waals surface area contributed by atoms with Gasteiger partial charge in [-0.1, -0.05) is 0 Å². The molecule has 0 amide bonds. The molecule has 0 atom stereocenters. The molecule has 18 heavy (non-hydrogen) atoms. The zero-order valence-corrected chi connectivity index (χ0v) is 10.3. The first-order valence-corrected chi connectivity index (χ1v) is 6.10. The first-order chi connectivity index (χ1) is 8.79. The van der Waals surface area contributed by atoms with E-state index in [2.05, 4.69) is 11.0 Å². The number of carbonyl (C=O) groups excluding carboxylic acids is 1. The zero-order valence-electron chi connectivity index (χ0n) is 10.3. The molecule has 1 fully saturated rings. The standard InChI is InChI=1S/C14H15NO3/c1-10-12-8-11(15-4-6-17-7-5-15)2-3-13(12)18-14(10)9-16/h2-3,8-9H,4-7H2,1H3. The monoisotopic (exact) mass is 245 g/mol. The molecule has 3 rings (SSSR count). The van der Waals surface area contributed by atoms with Crippen LogP contribution in [0.5, 0.6) is 0 Å². The van der Waals surface area contributed by atoms with Gasteiger partial charge in [-0.3, -0.25) is 4.79 Å². The third-order valence-electron chi connectivity index (χ3n) is 3.44. The molecule has 1 aromatic carbocycles. The molecule has 0 saturated carbocycles. The van der Waals surface area contributed by atoms with Gasteiger partial charge in [0.15, 0.2) is 12.0 Å². The Morgan fingerprint density at radius 1 is 1.28 bits per heavy atom. The van der Waals surface area contributed by atoms with Gasteiger partial charge in [-0.05, 0) is 25.1 Å². The lowest BCUT2D eigenvalue weighted by Gasteiger charge is -2.28. The SMILES string of the molecule is Cc1c(C=O)oc2ccc(N3CCOCC3)cc12. The van der Waals surface area contributed by atoms with E-state index in [0.29, 0.717) is 5.76 Å². The molecule has 0 aliphatic carbocycles. The molecule has 2 heterocycles. The Balaban J connectivity index is 2.04. The molecule has 2 aromatic rings. The molecular formula is C14H15NO3. The maximum absolute atomic E-state index is 10.9. The minimum atomic E-state index is 0.420. The predicted octanol–water partition coefficient (Wildman–Crippen LogP) is 2.39. The lowest BCUT2D eigenvalue weighted by Crippen LogP contribution is -2.36. The van der Waals surface area contributed by atoms with Crippen molar-refractivity contribution in [1.29, 1.82) is 0 Å². The van der Waals surface area contributed by atoms with Crippen LogP contribution in [0.1, 0.15) is 16.1 Å². The number of nitrogens with zero attached hydrogens (tertiary/aromatic N) is 1. The molecule has 0 spiro atoms. The number of anilines is 1. The lowest BCUT2D eigenvalue weighted by molar-refractivity contribution is 0.110. The summed E-state index contributed by atoms with van der Waals surface area (Å²) in [6.07, 6.45) is 0.768. The van der Waals surface area contributed by atoms with E-state index in [0.717, 1.165) is 54.8 Å². The van der Waals surface area contributed by atoms with Crippen LogP contribution in [0.3, 0.4) is 0 Å². The van der Waals surface area contributed by atoms with Crippen LogP contribution in [-0.2, 0) is 4.74 Å². The van der Waals surface area contributed by atoms with Gasteiger partial charge in [-0.2, -0.15) is 0 Å². The smallest absolute Gasteiger partial charge is 0.185 e. The lowest BCUT2D eigenvalue weighted by atomic mass is 10.1. The quantitative estimate of drug-likeness (QED) is 0.762. The van der Waals surface area contributed by atoms with E-state index in [1.807, 2.05) is 19.1 Å². The van der Waals surface area contributed by atoms with Crippen LogP contribution < -0.4 is 4.90 Å². The molecule has 0 unspecified atom stereocenters. The number of fused-ring (bicyclic) bond motifs is 1. The normalized spacial score (nSPS) is 16.2. The van der Waals surface area contributed by atoms with Crippen LogP contribution in [0.2, 0.25) is 0 Å². The summed E-state index contributed by atoms with van der Waals surface area (Å²) in [4.78, 5) is 13.2. The summed E-state index contributed by atoms with van der Waals surface area (Å²) in [5, 5.41) is 1.01. The van der Waals surface area contributed by atoms with E-state index in [9.17, 15) is 4.79 Å². The molecule has 4 nitrogen and oxygen atoms in total. The highest BCUT2D eigenvalue weighted by Gasteiger charge is 2.14. The number of hydrogen-bond donors (Lipinski definition) is 0. The maximum Gasteiger partial charge on any atom is 0.185 e. The highest BCUT2D eigenvalue weighted by atomic mass is 16.5. The summed E-state index contributed by atoms with van der Waals surface area (Å²) in [5.41, 5.74) is 2.84. The maximum atomic E-state index is 10.9. The summed E-state index contributed by atoms with van der Waals surface area (Å²) in [6.45, 7) is 5.26. The second kappa shape index (κ2) is 4.46. The Labute approximate surface area is 105 Å². The van der Waals surface area contributed by atoms with Crippen molar-refractivity contribution in [1.82, 2.24) is 0 Å². The summed E-state index contributed by atoms with van der Waals surface area (Å²) in [7, 11) is 0. The second-order valence-corrected chi connectivity index (χ2v) is 4.49. The van der Waals surface area contributed by atoms with Gasteiger partial charge in [0.05, 0.1) is 13.2 Å². The van der Waals surface area contributed by atoms with E-state index in [1.165, 1.54) is 0 Å². The third-order valence-corrected chi connectivity index (χ3v) is 3.44. The highest BCUT2D eigenvalue weighted by molar-refractivity contribution is 5.91. The van der Waals surface area contributed by atoms with Crippen LogP contribution in [-0.4, -0.2) is 32.6 Å². The molecule has 1 aromatic heterocycles. The summed E-state index contributed by atoms with van der Waals surface area (Å²) >= 11 is 0. The number of hydrogen-bond acceptors (Lipinski definition) is 4. The van der Waals surface area contributed by atoms with Gasteiger partial charge >= 0.3 is 0 Å². The van der Waals surface area contributed by atoms with Gasteiger partial charge in [0.2, 0.25) is 0 Å². The molecular weight excluding hydrogens is 230 g/mol. The van der Waals surface area contributed by atoms with Crippen LogP contribution >= 0.6 is 0 Å². The Hall–Kier alpha value is -1.81. The predicted molar refractivity (Wildman–Crippen MR) is 69.4 cm³/mol. The van der Waals surface area contributed by atoms with Gasteiger partial charge < -0.3 is 14.1 Å². The number of furan rings is 1. The Bertz CT molecular complexity index is 582. The van der Waals surface area contributed by atoms with Crippen LogP contribution in [0.15, 0.2) is 22.6 Å². The summed E-state index contributed by atoms with van der Waals surface area (Å²) in [5.74, 6) is 0.420. The van der Waals surface area contributed by atoms with E-state index in [1.54, 1.807) is 0 Å². The summed E-state index contributed by atoms with van der Waals surface area (Å²) in [6, 6.07) is 6.05. The van der Waals surface area contributed by atoms with Crippen molar-refractivity contribution in [2.75, 3.05) is 31.2 Å². The molecule has 0 N–H and O–H groups in total. The van der Waals surface area contributed by atoms with Crippen molar-refractivity contribution < 1.29 is 13.9 Å². The Morgan fingerprint density at radius 2 is 2.06 bits per heavy atom. The largest absolute Gasteiger partial charge is 0.453 e. The summed E-state index contributed by atoms with van der Waals surface area (Å²) < 4.78 is 10.8. The number of carbonyl (C=O) groups is 1. The number of ether oxygens (including phenoxy) is 1. The molecule has 1 aliphatic rings. The molecule has 0 bridgehead atoms. The average Bonchev–Trinajstić information content (AvgIpc) is 2.76. The van der Waals surface area contributed by atoms with E-state index in [-0.39, 0.29) is 0 Å². The van der Waals surface area contributed by atoms with Crippen molar-refractivity contribution in [3.05, 3.63) is 29.5 Å². The molecule has 1 aliphatic heterocycles. The van der Waals surface area contributed by atoms with Gasteiger partial charge in [0.1, 0.15) is 5.58 Å². The molecule has 0 radical (unpaired) electrons. The van der Waals surface area contributed by atoms with Crippen molar-refractivity contribution in [2.24, 2.45) is 0 Å². The molecule has 4 heteroatoms. The van der Waals surface area contributed by atoms with Gasteiger partial charge in [0, 0.05) is 29.7 Å². The fraction of sp³-hybridized carbons (Fsp3) is 0.357. The number of aldehydes is 1.